The third-order valence-corrected chi connectivity index (χ3v) is 5.81. The van der Waals surface area contributed by atoms with E-state index < -0.39 is 0 Å². The van der Waals surface area contributed by atoms with Crippen molar-refractivity contribution in [2.75, 3.05) is 49.6 Å². The van der Waals surface area contributed by atoms with Crippen LogP contribution in [0.2, 0.25) is 0 Å². The van der Waals surface area contributed by atoms with Crippen LogP contribution in [0.1, 0.15) is 5.82 Å². The lowest BCUT2D eigenvalue weighted by atomic mass is 10.2. The first-order valence-electron chi connectivity index (χ1n) is 9.97. The number of rotatable bonds is 3. The fourth-order valence-corrected chi connectivity index (χ4v) is 4.06. The Morgan fingerprint density at radius 3 is 2.47 bits per heavy atom. The van der Waals surface area contributed by atoms with Crippen LogP contribution in [0.5, 0.6) is 0 Å². The van der Waals surface area contributed by atoms with Crippen LogP contribution in [0.15, 0.2) is 48.2 Å². The Labute approximate surface area is 173 Å². The molecule has 2 aromatic carbocycles. The number of amidine groups is 1. The van der Waals surface area contributed by atoms with Gasteiger partial charge in [-0.05, 0) is 49.5 Å². The quantitative estimate of drug-likeness (QED) is 0.622. The van der Waals surface area contributed by atoms with Crippen LogP contribution in [0.4, 0.5) is 15.8 Å². The van der Waals surface area contributed by atoms with Crippen LogP contribution >= 0.6 is 0 Å². The third kappa shape index (κ3) is 3.19. The lowest BCUT2D eigenvalue weighted by Crippen LogP contribution is -2.44. The number of aromatic nitrogens is 2. The molecule has 0 spiro atoms. The van der Waals surface area contributed by atoms with Crippen molar-refractivity contribution in [3.05, 3.63) is 59.9 Å². The van der Waals surface area contributed by atoms with Gasteiger partial charge in [0.15, 0.2) is 0 Å². The van der Waals surface area contributed by atoms with E-state index >= 15 is 0 Å². The minimum atomic E-state index is -0.362. The van der Waals surface area contributed by atoms with E-state index in [0.29, 0.717) is 22.4 Å². The average Bonchev–Trinajstić information content (AvgIpc) is 3.28. The molecule has 5 rings (SSSR count). The van der Waals surface area contributed by atoms with E-state index in [1.165, 1.54) is 12.1 Å². The number of hydrogen-bond acceptors (Lipinski definition) is 5. The fourth-order valence-electron chi connectivity index (χ4n) is 4.06. The van der Waals surface area contributed by atoms with Gasteiger partial charge in [0.2, 0.25) is 0 Å². The van der Waals surface area contributed by atoms with Gasteiger partial charge in [-0.1, -0.05) is 0 Å². The SMILES string of the molecule is CN1CCN(c2ccc(N3CC(O)=C(c4nc5ccc(F)cc5[nH]4)C3=N)cc2)CC1. The van der Waals surface area contributed by atoms with Gasteiger partial charge >= 0.3 is 0 Å². The number of fused-ring (bicyclic) bond motifs is 1. The molecule has 1 saturated heterocycles. The summed E-state index contributed by atoms with van der Waals surface area (Å²) in [5.74, 6) is 0.246. The first-order chi connectivity index (χ1) is 14.5. The number of aliphatic hydroxyl groups excluding tert-OH is 1. The smallest absolute Gasteiger partial charge is 0.145 e. The van der Waals surface area contributed by atoms with E-state index in [4.69, 9.17) is 5.41 Å². The molecule has 1 fully saturated rings. The van der Waals surface area contributed by atoms with E-state index in [1.807, 2.05) is 12.1 Å². The zero-order valence-corrected chi connectivity index (χ0v) is 16.7. The second-order valence-corrected chi connectivity index (χ2v) is 7.81. The van der Waals surface area contributed by atoms with Crippen LogP contribution in [0, 0.1) is 11.2 Å². The number of aliphatic hydroxyl groups is 1. The molecule has 3 heterocycles. The predicted molar refractivity (Wildman–Crippen MR) is 117 cm³/mol. The van der Waals surface area contributed by atoms with Crippen LogP contribution in [0.25, 0.3) is 16.6 Å². The third-order valence-electron chi connectivity index (χ3n) is 5.81. The Bertz CT molecular complexity index is 1140. The highest BCUT2D eigenvalue weighted by atomic mass is 19.1. The molecule has 0 amide bonds. The van der Waals surface area contributed by atoms with Crippen molar-refractivity contribution in [3.63, 3.8) is 0 Å². The van der Waals surface area contributed by atoms with E-state index in [0.717, 1.165) is 37.6 Å². The standard InChI is InChI=1S/C22H23FN6O/c1-27-8-10-28(11-9-27)15-3-5-16(6-4-15)29-13-19(30)20(21(29)24)22-25-17-7-2-14(23)12-18(17)26-22/h2-7,12,24,30H,8-11,13H2,1H3,(H,25,26). The van der Waals surface area contributed by atoms with Gasteiger partial charge in [-0.25, -0.2) is 9.37 Å². The number of aromatic amines is 1. The highest BCUT2D eigenvalue weighted by Crippen LogP contribution is 2.32. The van der Waals surface area contributed by atoms with E-state index in [9.17, 15) is 9.50 Å². The highest BCUT2D eigenvalue weighted by Gasteiger charge is 2.31. The second kappa shape index (κ2) is 7.14. The molecule has 0 unspecified atom stereocenters. The molecule has 0 bridgehead atoms. The van der Waals surface area contributed by atoms with Gasteiger partial charge < -0.3 is 24.8 Å². The maximum Gasteiger partial charge on any atom is 0.145 e. The summed E-state index contributed by atoms with van der Waals surface area (Å²) in [6.07, 6.45) is 0. The Morgan fingerprint density at radius 1 is 1.03 bits per heavy atom. The number of likely N-dealkylation sites (N-methyl/N-ethyl adjacent to an activating group) is 1. The highest BCUT2D eigenvalue weighted by molar-refractivity contribution is 6.30. The van der Waals surface area contributed by atoms with Crippen molar-refractivity contribution in [3.8, 4) is 0 Å². The average molecular weight is 406 g/mol. The first kappa shape index (κ1) is 18.6. The minimum Gasteiger partial charge on any atom is -0.509 e. The number of benzene rings is 2. The second-order valence-electron chi connectivity index (χ2n) is 7.81. The normalized spacial score (nSPS) is 18.1. The Morgan fingerprint density at radius 2 is 1.73 bits per heavy atom. The topological polar surface area (TPSA) is 82.5 Å². The zero-order valence-electron chi connectivity index (χ0n) is 16.7. The van der Waals surface area contributed by atoms with Crippen molar-refractivity contribution in [2.24, 2.45) is 0 Å². The van der Waals surface area contributed by atoms with Crippen molar-refractivity contribution in [1.29, 1.82) is 5.41 Å². The lowest BCUT2D eigenvalue weighted by Gasteiger charge is -2.34. The van der Waals surface area contributed by atoms with Gasteiger partial charge in [0.1, 0.15) is 23.2 Å². The predicted octanol–water partition coefficient (Wildman–Crippen LogP) is 3.22. The summed E-state index contributed by atoms with van der Waals surface area (Å²) in [5.41, 5.74) is 3.47. The molecule has 8 heteroatoms. The summed E-state index contributed by atoms with van der Waals surface area (Å²) in [6.45, 7) is 4.28. The molecule has 7 nitrogen and oxygen atoms in total. The molecule has 0 saturated carbocycles. The van der Waals surface area contributed by atoms with Gasteiger partial charge in [0.05, 0.1) is 23.2 Å². The van der Waals surface area contributed by atoms with Crippen LogP contribution < -0.4 is 9.80 Å². The Balaban J connectivity index is 1.37. The number of H-pyrrole nitrogens is 1. The van der Waals surface area contributed by atoms with E-state index in [2.05, 4.69) is 38.9 Å². The molecular weight excluding hydrogens is 383 g/mol. The molecule has 2 aliphatic heterocycles. The van der Waals surface area contributed by atoms with Crippen molar-refractivity contribution in [1.82, 2.24) is 14.9 Å². The van der Waals surface area contributed by atoms with Crippen molar-refractivity contribution < 1.29 is 9.50 Å². The largest absolute Gasteiger partial charge is 0.509 e. The van der Waals surface area contributed by atoms with Crippen molar-refractivity contribution >= 4 is 33.8 Å². The molecule has 3 aromatic rings. The van der Waals surface area contributed by atoms with Gasteiger partial charge in [0, 0.05) is 37.6 Å². The van der Waals surface area contributed by atoms with Gasteiger partial charge in [0.25, 0.3) is 0 Å². The fraction of sp³-hybridized carbons (Fsp3) is 0.273. The molecule has 3 N–H and O–H groups in total. The molecule has 154 valence electrons. The summed E-state index contributed by atoms with van der Waals surface area (Å²) < 4.78 is 13.5. The number of nitrogens with one attached hydrogen (secondary N) is 2. The Hall–Kier alpha value is -3.39. The molecular formula is C22H23FN6O. The number of halogens is 1. The summed E-state index contributed by atoms with van der Waals surface area (Å²) in [5, 5.41) is 19.2. The van der Waals surface area contributed by atoms with Crippen LogP contribution in [-0.4, -0.2) is 65.6 Å². The lowest BCUT2D eigenvalue weighted by molar-refractivity contribution is 0.313. The molecule has 0 radical (unpaired) electrons. The molecule has 0 atom stereocenters. The number of anilines is 2. The molecule has 2 aliphatic rings. The monoisotopic (exact) mass is 406 g/mol. The summed E-state index contributed by atoms with van der Waals surface area (Å²) >= 11 is 0. The molecule has 0 aliphatic carbocycles. The zero-order chi connectivity index (χ0) is 20.8. The maximum absolute atomic E-state index is 13.5. The molecule has 30 heavy (non-hydrogen) atoms. The van der Waals surface area contributed by atoms with Crippen LogP contribution in [-0.2, 0) is 0 Å². The Kier molecular flexibility index (Phi) is 4.43. The number of imidazole rings is 1. The summed E-state index contributed by atoms with van der Waals surface area (Å²) in [4.78, 5) is 13.9. The van der Waals surface area contributed by atoms with Crippen molar-refractivity contribution in [2.45, 2.75) is 0 Å². The first-order valence-corrected chi connectivity index (χ1v) is 9.97. The van der Waals surface area contributed by atoms with Crippen LogP contribution in [0.3, 0.4) is 0 Å². The number of piperazine rings is 1. The number of hydrogen-bond donors (Lipinski definition) is 3. The van der Waals surface area contributed by atoms with Gasteiger partial charge in [-0.3, -0.25) is 5.41 Å². The van der Waals surface area contributed by atoms with E-state index in [1.54, 1.807) is 11.0 Å². The molecule has 1 aromatic heterocycles. The van der Waals surface area contributed by atoms with Gasteiger partial charge in [-0.15, -0.1) is 0 Å². The van der Waals surface area contributed by atoms with Gasteiger partial charge in [-0.2, -0.15) is 0 Å². The maximum atomic E-state index is 13.5. The van der Waals surface area contributed by atoms with E-state index in [-0.39, 0.29) is 24.0 Å². The summed E-state index contributed by atoms with van der Waals surface area (Å²) in [6, 6.07) is 12.4. The minimum absolute atomic E-state index is 0.0719. The number of nitrogens with zero attached hydrogens (tertiary/aromatic N) is 4. The summed E-state index contributed by atoms with van der Waals surface area (Å²) in [7, 11) is 2.13.